The highest BCUT2D eigenvalue weighted by molar-refractivity contribution is 9.10. The Labute approximate surface area is 138 Å². The highest BCUT2D eigenvalue weighted by atomic mass is 79.9. The first-order valence-corrected chi connectivity index (χ1v) is 8.28. The molecule has 0 unspecified atom stereocenters. The Morgan fingerprint density at radius 3 is 2.86 bits per heavy atom. The Bertz CT molecular complexity index is 539. The van der Waals surface area contributed by atoms with Gasteiger partial charge in [-0.2, -0.15) is 0 Å². The monoisotopic (exact) mass is 372 g/mol. The molecule has 22 heavy (non-hydrogen) atoms. The lowest BCUT2D eigenvalue weighted by Gasteiger charge is -2.24. The summed E-state index contributed by atoms with van der Waals surface area (Å²) in [6, 6.07) is 3.78. The van der Waals surface area contributed by atoms with Gasteiger partial charge in [-0.1, -0.05) is 35.8 Å². The van der Waals surface area contributed by atoms with Gasteiger partial charge >= 0.3 is 0 Å². The molecule has 0 aliphatic carbocycles. The van der Waals surface area contributed by atoms with E-state index in [9.17, 15) is 9.18 Å². The van der Waals surface area contributed by atoms with Crippen LogP contribution in [0.5, 0.6) is 0 Å². The van der Waals surface area contributed by atoms with Crippen molar-refractivity contribution >= 4 is 21.8 Å². The van der Waals surface area contributed by atoms with E-state index < -0.39 is 17.8 Å². The number of benzene rings is 1. The van der Waals surface area contributed by atoms with Gasteiger partial charge in [-0.05, 0) is 24.5 Å². The first kappa shape index (κ1) is 17.4. The van der Waals surface area contributed by atoms with Crippen molar-refractivity contribution < 1.29 is 13.9 Å². The molecule has 6 heteroatoms. The zero-order chi connectivity index (χ0) is 16.3. The molecule has 122 valence electrons. The molecule has 0 spiro atoms. The number of amides is 1. The van der Waals surface area contributed by atoms with Gasteiger partial charge in [0.1, 0.15) is 11.9 Å². The fourth-order valence-corrected chi connectivity index (χ4v) is 3.31. The van der Waals surface area contributed by atoms with Crippen molar-refractivity contribution in [2.75, 3.05) is 13.2 Å². The summed E-state index contributed by atoms with van der Waals surface area (Å²) in [6.45, 7) is 5.53. The Hall–Kier alpha value is -0.980. The summed E-state index contributed by atoms with van der Waals surface area (Å²) in [7, 11) is 0. The van der Waals surface area contributed by atoms with Crippen molar-refractivity contribution in [2.24, 2.45) is 17.6 Å². The van der Waals surface area contributed by atoms with Crippen LogP contribution in [0, 0.1) is 17.7 Å². The predicted octanol–water partition coefficient (Wildman–Crippen LogP) is 2.77. The van der Waals surface area contributed by atoms with E-state index in [-0.39, 0.29) is 11.7 Å². The van der Waals surface area contributed by atoms with E-state index in [4.69, 9.17) is 10.5 Å². The molecular formula is C16H22BrFN2O2. The van der Waals surface area contributed by atoms with Gasteiger partial charge in [0.25, 0.3) is 0 Å². The van der Waals surface area contributed by atoms with Gasteiger partial charge in [-0.25, -0.2) is 4.39 Å². The molecule has 1 fully saturated rings. The Morgan fingerprint density at radius 2 is 2.27 bits per heavy atom. The number of carbonyl (C=O) groups is 1. The lowest BCUT2D eigenvalue weighted by molar-refractivity contribution is -0.120. The van der Waals surface area contributed by atoms with Gasteiger partial charge in [0.05, 0.1) is 6.10 Å². The molecule has 3 atom stereocenters. The molecule has 1 aromatic carbocycles. The summed E-state index contributed by atoms with van der Waals surface area (Å²) in [5, 5.41) is 3.11. The van der Waals surface area contributed by atoms with Gasteiger partial charge in [-0.15, -0.1) is 0 Å². The molecule has 4 nitrogen and oxygen atoms in total. The van der Waals surface area contributed by atoms with Crippen molar-refractivity contribution in [3.05, 3.63) is 34.1 Å². The van der Waals surface area contributed by atoms with Crippen LogP contribution in [0.25, 0.3) is 0 Å². The lowest BCUT2D eigenvalue weighted by Crippen LogP contribution is -2.39. The number of nitrogens with one attached hydrogen (secondary N) is 1. The molecule has 0 bridgehead atoms. The standard InChI is InChI=1S/C16H22BrFN2O2/c1-9(2)15-10(5-6-22-15)8-20-14(16(19)21)12-4-3-11(17)7-13(12)18/h3-4,7,9-10,14-15,20H,5-6,8H2,1-2H3,(H2,19,21)/t10-,14+,15-/m1/s1. The van der Waals surface area contributed by atoms with Crippen LogP contribution in [0.15, 0.2) is 22.7 Å². The van der Waals surface area contributed by atoms with E-state index >= 15 is 0 Å². The average molecular weight is 373 g/mol. The van der Waals surface area contributed by atoms with Gasteiger partial charge in [-0.3, -0.25) is 4.79 Å². The molecule has 2 rings (SSSR count). The highest BCUT2D eigenvalue weighted by Crippen LogP contribution is 2.27. The molecule has 1 heterocycles. The van der Waals surface area contributed by atoms with Gasteiger partial charge in [0.15, 0.2) is 0 Å². The fraction of sp³-hybridized carbons (Fsp3) is 0.562. The maximum Gasteiger partial charge on any atom is 0.239 e. The highest BCUT2D eigenvalue weighted by Gasteiger charge is 2.32. The molecule has 1 saturated heterocycles. The molecule has 1 aliphatic heterocycles. The quantitative estimate of drug-likeness (QED) is 0.806. The lowest BCUT2D eigenvalue weighted by atomic mass is 9.92. The Balaban J connectivity index is 2.08. The number of carbonyl (C=O) groups excluding carboxylic acids is 1. The van der Waals surface area contributed by atoms with Crippen LogP contribution in [-0.4, -0.2) is 25.2 Å². The molecule has 0 saturated carbocycles. The molecule has 0 aromatic heterocycles. The van der Waals surface area contributed by atoms with Crippen molar-refractivity contribution in [2.45, 2.75) is 32.4 Å². The minimum atomic E-state index is -0.832. The first-order valence-electron chi connectivity index (χ1n) is 7.49. The number of hydrogen-bond donors (Lipinski definition) is 2. The summed E-state index contributed by atoms with van der Waals surface area (Å²) in [4.78, 5) is 11.7. The molecule has 3 N–H and O–H groups in total. The van der Waals surface area contributed by atoms with Gasteiger partial charge in [0, 0.05) is 29.1 Å². The van der Waals surface area contributed by atoms with E-state index in [0.29, 0.717) is 22.9 Å². The SMILES string of the molecule is CC(C)[C@H]1OCC[C@@H]1CN[C@H](C(N)=O)c1ccc(Br)cc1F. The molecular weight excluding hydrogens is 351 g/mol. The molecule has 0 radical (unpaired) electrons. The summed E-state index contributed by atoms with van der Waals surface area (Å²) in [5.41, 5.74) is 5.72. The summed E-state index contributed by atoms with van der Waals surface area (Å²) < 4.78 is 20.4. The number of halogens is 2. The molecule has 1 amide bonds. The fourth-order valence-electron chi connectivity index (χ4n) is 2.98. The maximum atomic E-state index is 14.1. The van der Waals surface area contributed by atoms with Crippen LogP contribution in [0.4, 0.5) is 4.39 Å². The van der Waals surface area contributed by atoms with Gasteiger partial charge in [0.2, 0.25) is 5.91 Å². The average Bonchev–Trinajstić information content (AvgIpc) is 2.89. The molecule has 1 aromatic rings. The smallest absolute Gasteiger partial charge is 0.239 e. The number of hydrogen-bond acceptors (Lipinski definition) is 3. The van der Waals surface area contributed by atoms with Crippen LogP contribution in [0.3, 0.4) is 0 Å². The second-order valence-corrected chi connectivity index (χ2v) is 6.95. The molecule has 1 aliphatic rings. The van der Waals surface area contributed by atoms with E-state index in [1.165, 1.54) is 6.07 Å². The third-order valence-electron chi connectivity index (χ3n) is 4.06. The minimum Gasteiger partial charge on any atom is -0.378 e. The van der Waals surface area contributed by atoms with Gasteiger partial charge < -0.3 is 15.8 Å². The summed E-state index contributed by atoms with van der Waals surface area (Å²) in [5.74, 6) is -0.318. The predicted molar refractivity (Wildman–Crippen MR) is 86.7 cm³/mol. The third-order valence-corrected chi connectivity index (χ3v) is 4.56. The van der Waals surface area contributed by atoms with Crippen LogP contribution in [0.2, 0.25) is 0 Å². The van der Waals surface area contributed by atoms with Crippen LogP contribution in [-0.2, 0) is 9.53 Å². The zero-order valence-corrected chi connectivity index (χ0v) is 14.4. The minimum absolute atomic E-state index is 0.163. The Kier molecular flexibility index (Phi) is 5.94. The third kappa shape index (κ3) is 4.06. The van der Waals surface area contributed by atoms with Crippen molar-refractivity contribution in [3.63, 3.8) is 0 Å². The van der Waals surface area contributed by atoms with E-state index in [1.807, 2.05) is 0 Å². The van der Waals surface area contributed by atoms with Crippen LogP contribution >= 0.6 is 15.9 Å². The zero-order valence-electron chi connectivity index (χ0n) is 12.8. The Morgan fingerprint density at radius 1 is 1.55 bits per heavy atom. The van der Waals surface area contributed by atoms with Crippen molar-refractivity contribution in [1.82, 2.24) is 5.32 Å². The second-order valence-electron chi connectivity index (χ2n) is 6.04. The summed E-state index contributed by atoms with van der Waals surface area (Å²) >= 11 is 3.21. The normalized spacial score (nSPS) is 23.0. The topological polar surface area (TPSA) is 64.3 Å². The first-order chi connectivity index (χ1) is 10.4. The number of rotatable bonds is 6. The maximum absolute atomic E-state index is 14.1. The number of ether oxygens (including phenoxy) is 1. The van der Waals surface area contributed by atoms with Crippen LogP contribution in [0.1, 0.15) is 31.9 Å². The van der Waals surface area contributed by atoms with Crippen molar-refractivity contribution in [3.8, 4) is 0 Å². The van der Waals surface area contributed by atoms with E-state index in [2.05, 4.69) is 35.1 Å². The number of nitrogens with two attached hydrogens (primary N) is 1. The largest absolute Gasteiger partial charge is 0.378 e. The van der Waals surface area contributed by atoms with E-state index in [0.717, 1.165) is 13.0 Å². The van der Waals surface area contributed by atoms with Crippen LogP contribution < -0.4 is 11.1 Å². The second kappa shape index (κ2) is 7.53. The van der Waals surface area contributed by atoms with E-state index in [1.54, 1.807) is 12.1 Å². The number of primary amides is 1. The summed E-state index contributed by atoms with van der Waals surface area (Å²) in [6.07, 6.45) is 1.10. The van der Waals surface area contributed by atoms with Crippen molar-refractivity contribution in [1.29, 1.82) is 0 Å².